The summed E-state index contributed by atoms with van der Waals surface area (Å²) in [5.74, 6) is 0.703. The molecule has 1 unspecified atom stereocenters. The summed E-state index contributed by atoms with van der Waals surface area (Å²) in [7, 11) is -3.50. The first-order chi connectivity index (χ1) is 15.5. The van der Waals surface area contributed by atoms with Gasteiger partial charge in [-0.3, -0.25) is 10.2 Å². The number of nitrogens with one attached hydrogen (secondary N) is 1. The monoisotopic (exact) mass is 455 g/mol. The van der Waals surface area contributed by atoms with Crippen LogP contribution in [0.4, 0.5) is 0 Å². The lowest BCUT2D eigenvalue weighted by molar-refractivity contribution is -0.127. The van der Waals surface area contributed by atoms with Crippen LogP contribution in [-0.2, 0) is 21.2 Å². The zero-order valence-corrected chi connectivity index (χ0v) is 19.3. The zero-order chi connectivity index (χ0) is 22.4. The van der Waals surface area contributed by atoms with E-state index in [9.17, 15) is 13.2 Å². The molecular formula is C25H33N3O3S. The van der Waals surface area contributed by atoms with Crippen molar-refractivity contribution in [2.75, 3.05) is 26.2 Å². The lowest BCUT2D eigenvalue weighted by Gasteiger charge is -2.34. The number of benzene rings is 2. The molecule has 0 spiro atoms. The summed E-state index contributed by atoms with van der Waals surface area (Å²) < 4.78 is 27.4. The maximum absolute atomic E-state index is 12.9. The van der Waals surface area contributed by atoms with Gasteiger partial charge in [-0.05, 0) is 61.6 Å². The lowest BCUT2D eigenvalue weighted by atomic mass is 9.91. The van der Waals surface area contributed by atoms with Gasteiger partial charge < -0.3 is 0 Å². The quantitative estimate of drug-likeness (QED) is 0.694. The molecule has 2 saturated heterocycles. The fraction of sp³-hybridized carbons (Fsp3) is 0.480. The maximum atomic E-state index is 12.9. The fourth-order valence-electron chi connectivity index (χ4n) is 4.83. The fourth-order valence-corrected chi connectivity index (χ4v) is 6.41. The van der Waals surface area contributed by atoms with E-state index in [1.54, 1.807) is 28.6 Å². The standard InChI is InChI=1S/C25H33N3O3S/c29-25(26-27-16-13-22(14-17-27)18-21-8-3-1-4-9-21)19-23-10-7-15-28(20-23)32(30,31)24-11-5-2-6-12-24/h1-6,8-9,11-12,22-23H,7,10,13-20H2,(H,26,29). The molecule has 0 bridgehead atoms. The van der Waals surface area contributed by atoms with Crippen LogP contribution in [0.1, 0.15) is 37.7 Å². The summed E-state index contributed by atoms with van der Waals surface area (Å²) in [5, 5.41) is 2.03. The van der Waals surface area contributed by atoms with Crippen LogP contribution < -0.4 is 5.43 Å². The molecular weight excluding hydrogens is 422 g/mol. The molecule has 0 radical (unpaired) electrons. The molecule has 4 rings (SSSR count). The van der Waals surface area contributed by atoms with E-state index < -0.39 is 10.0 Å². The lowest BCUT2D eigenvalue weighted by Crippen LogP contribution is -2.48. The van der Waals surface area contributed by atoms with Gasteiger partial charge in [-0.1, -0.05) is 48.5 Å². The second-order valence-electron chi connectivity index (χ2n) is 9.04. The summed E-state index contributed by atoms with van der Waals surface area (Å²) in [6.07, 6.45) is 5.27. The number of sulfonamides is 1. The highest BCUT2D eigenvalue weighted by molar-refractivity contribution is 7.89. The first-order valence-electron chi connectivity index (χ1n) is 11.6. The van der Waals surface area contributed by atoms with Gasteiger partial charge in [-0.15, -0.1) is 0 Å². The molecule has 2 heterocycles. The third-order valence-corrected chi connectivity index (χ3v) is 8.48. The minimum Gasteiger partial charge on any atom is -0.289 e. The van der Waals surface area contributed by atoms with Crippen molar-refractivity contribution in [2.45, 2.75) is 43.4 Å². The number of hydrazine groups is 1. The molecule has 1 N–H and O–H groups in total. The van der Waals surface area contributed by atoms with Crippen molar-refractivity contribution in [3.05, 3.63) is 66.2 Å². The van der Waals surface area contributed by atoms with Gasteiger partial charge in [-0.2, -0.15) is 4.31 Å². The third kappa shape index (κ3) is 5.97. The van der Waals surface area contributed by atoms with Crippen LogP contribution >= 0.6 is 0 Å². The average Bonchev–Trinajstić information content (AvgIpc) is 2.82. The van der Waals surface area contributed by atoms with Crippen LogP contribution in [0.5, 0.6) is 0 Å². The van der Waals surface area contributed by atoms with Crippen molar-refractivity contribution in [1.82, 2.24) is 14.7 Å². The summed E-state index contributed by atoms with van der Waals surface area (Å²) in [4.78, 5) is 13.0. The molecule has 32 heavy (non-hydrogen) atoms. The van der Waals surface area contributed by atoms with Gasteiger partial charge in [0.15, 0.2) is 0 Å². The molecule has 0 saturated carbocycles. The largest absolute Gasteiger partial charge is 0.289 e. The Morgan fingerprint density at radius 1 is 0.875 bits per heavy atom. The first-order valence-corrected chi connectivity index (χ1v) is 13.1. The first kappa shape index (κ1) is 23.0. The Hall–Kier alpha value is -2.22. The van der Waals surface area contributed by atoms with Crippen molar-refractivity contribution in [3.63, 3.8) is 0 Å². The summed E-state index contributed by atoms with van der Waals surface area (Å²) >= 11 is 0. The third-order valence-electron chi connectivity index (χ3n) is 6.60. The number of rotatable bonds is 7. The van der Waals surface area contributed by atoms with E-state index in [0.29, 0.717) is 30.3 Å². The van der Waals surface area contributed by atoms with Gasteiger partial charge in [0, 0.05) is 32.6 Å². The number of carbonyl (C=O) groups is 1. The molecule has 2 aliphatic rings. The van der Waals surface area contributed by atoms with E-state index in [4.69, 9.17) is 0 Å². The molecule has 0 aliphatic carbocycles. The van der Waals surface area contributed by atoms with Gasteiger partial charge in [-0.25, -0.2) is 13.4 Å². The molecule has 2 aromatic rings. The van der Waals surface area contributed by atoms with Crippen LogP contribution in [0.25, 0.3) is 0 Å². The maximum Gasteiger partial charge on any atom is 0.243 e. The molecule has 1 amide bonds. The molecule has 1 atom stereocenters. The Morgan fingerprint density at radius 2 is 1.53 bits per heavy atom. The molecule has 2 aromatic carbocycles. The molecule has 6 nitrogen and oxygen atoms in total. The van der Waals surface area contributed by atoms with E-state index in [1.165, 1.54) is 5.56 Å². The predicted octanol–water partition coefficient (Wildman–Crippen LogP) is 3.46. The van der Waals surface area contributed by atoms with E-state index in [0.717, 1.165) is 45.2 Å². The second-order valence-corrected chi connectivity index (χ2v) is 11.0. The van der Waals surface area contributed by atoms with Gasteiger partial charge in [0.2, 0.25) is 15.9 Å². The SMILES string of the molecule is O=C(CC1CCCN(S(=O)(=O)c2ccccc2)C1)NN1CCC(Cc2ccccc2)CC1. The normalized spacial score (nSPS) is 21.3. The Morgan fingerprint density at radius 3 is 2.22 bits per heavy atom. The summed E-state index contributed by atoms with van der Waals surface area (Å²) in [6.45, 7) is 2.65. The van der Waals surface area contributed by atoms with E-state index >= 15 is 0 Å². The van der Waals surface area contributed by atoms with Crippen molar-refractivity contribution in [3.8, 4) is 0 Å². The van der Waals surface area contributed by atoms with Crippen molar-refractivity contribution < 1.29 is 13.2 Å². The van der Waals surface area contributed by atoms with E-state index in [1.807, 2.05) is 17.1 Å². The Bertz CT molecular complexity index is 974. The van der Waals surface area contributed by atoms with Crippen LogP contribution in [0.2, 0.25) is 0 Å². The second kappa shape index (κ2) is 10.6. The van der Waals surface area contributed by atoms with Crippen LogP contribution in [0, 0.1) is 11.8 Å². The van der Waals surface area contributed by atoms with E-state index in [-0.39, 0.29) is 11.8 Å². The van der Waals surface area contributed by atoms with Crippen LogP contribution in [0.3, 0.4) is 0 Å². The highest BCUT2D eigenvalue weighted by Gasteiger charge is 2.31. The number of amides is 1. The van der Waals surface area contributed by atoms with Gasteiger partial charge >= 0.3 is 0 Å². The van der Waals surface area contributed by atoms with Crippen molar-refractivity contribution in [1.29, 1.82) is 0 Å². The van der Waals surface area contributed by atoms with Crippen molar-refractivity contribution >= 4 is 15.9 Å². The van der Waals surface area contributed by atoms with Crippen molar-refractivity contribution in [2.24, 2.45) is 11.8 Å². The molecule has 2 aliphatic heterocycles. The smallest absolute Gasteiger partial charge is 0.243 e. The average molecular weight is 456 g/mol. The summed E-state index contributed by atoms with van der Waals surface area (Å²) in [6, 6.07) is 19.1. The number of carbonyl (C=O) groups excluding carboxylic acids is 1. The van der Waals surface area contributed by atoms with Crippen LogP contribution in [-0.4, -0.2) is 49.8 Å². The zero-order valence-electron chi connectivity index (χ0n) is 18.5. The minimum atomic E-state index is -3.50. The van der Waals surface area contributed by atoms with E-state index in [2.05, 4.69) is 29.7 Å². The molecule has 2 fully saturated rings. The number of hydrogen-bond acceptors (Lipinski definition) is 4. The molecule has 0 aromatic heterocycles. The predicted molar refractivity (Wildman–Crippen MR) is 125 cm³/mol. The van der Waals surface area contributed by atoms with Gasteiger partial charge in [0.25, 0.3) is 0 Å². The number of nitrogens with zero attached hydrogens (tertiary/aromatic N) is 2. The highest BCUT2D eigenvalue weighted by Crippen LogP contribution is 2.26. The Labute approximate surface area is 191 Å². The number of hydrogen-bond donors (Lipinski definition) is 1. The van der Waals surface area contributed by atoms with Gasteiger partial charge in [0.05, 0.1) is 4.90 Å². The topological polar surface area (TPSA) is 69.7 Å². The highest BCUT2D eigenvalue weighted by atomic mass is 32.2. The van der Waals surface area contributed by atoms with Gasteiger partial charge in [0.1, 0.15) is 0 Å². The van der Waals surface area contributed by atoms with Crippen LogP contribution in [0.15, 0.2) is 65.6 Å². The Kier molecular flexibility index (Phi) is 7.60. The molecule has 172 valence electrons. The summed E-state index contributed by atoms with van der Waals surface area (Å²) in [5.41, 5.74) is 4.44. The minimum absolute atomic E-state index is 0.00420. The number of piperidine rings is 2. The molecule has 7 heteroatoms. The Balaban J connectivity index is 1.23.